The topological polar surface area (TPSA) is 26.7 Å². The Labute approximate surface area is 123 Å². The number of aliphatic hydroxyl groups is 1. The monoisotopic (exact) mass is 276 g/mol. The van der Waals surface area contributed by atoms with Crippen molar-refractivity contribution in [1.82, 2.24) is 9.80 Å². The van der Waals surface area contributed by atoms with Crippen molar-refractivity contribution in [3.05, 3.63) is 35.9 Å². The molecule has 0 spiro atoms. The number of hydrogen-bond donors (Lipinski definition) is 1. The van der Waals surface area contributed by atoms with Gasteiger partial charge in [-0.05, 0) is 38.8 Å². The molecule has 3 nitrogen and oxygen atoms in total. The van der Waals surface area contributed by atoms with Gasteiger partial charge in [0.15, 0.2) is 0 Å². The van der Waals surface area contributed by atoms with Crippen LogP contribution in [0.25, 0.3) is 0 Å². The van der Waals surface area contributed by atoms with E-state index in [1.165, 1.54) is 5.56 Å². The van der Waals surface area contributed by atoms with Crippen LogP contribution in [0.1, 0.15) is 32.3 Å². The van der Waals surface area contributed by atoms with E-state index in [1.54, 1.807) is 0 Å². The van der Waals surface area contributed by atoms with Crippen molar-refractivity contribution in [2.45, 2.75) is 38.8 Å². The Morgan fingerprint density at radius 2 is 1.60 bits per heavy atom. The zero-order valence-corrected chi connectivity index (χ0v) is 12.9. The average Bonchev–Trinajstić information content (AvgIpc) is 2.41. The van der Waals surface area contributed by atoms with Crippen LogP contribution in [0.2, 0.25) is 0 Å². The lowest BCUT2D eigenvalue weighted by atomic mass is 10.0. The van der Waals surface area contributed by atoms with E-state index >= 15 is 0 Å². The molecule has 1 aromatic rings. The summed E-state index contributed by atoms with van der Waals surface area (Å²) in [6.07, 6.45) is 1.97. The fourth-order valence-corrected chi connectivity index (χ4v) is 2.75. The first-order valence-electron chi connectivity index (χ1n) is 7.74. The molecule has 0 radical (unpaired) electrons. The molecular weight excluding hydrogens is 248 g/mol. The number of nitrogens with zero attached hydrogens (tertiary/aromatic N) is 2. The zero-order valence-electron chi connectivity index (χ0n) is 12.9. The van der Waals surface area contributed by atoms with Crippen molar-refractivity contribution < 1.29 is 5.11 Å². The standard InChI is InChI=1S/C17H28N2O/c1-17(2,20)9-6-10-18-11-13-19(14-12-18)15-16-7-4-3-5-8-16/h3-5,7-8,20H,6,9-15H2,1-2H3. The Bertz CT molecular complexity index is 378. The molecule has 112 valence electrons. The summed E-state index contributed by atoms with van der Waals surface area (Å²) in [7, 11) is 0. The number of rotatable bonds is 6. The fourth-order valence-electron chi connectivity index (χ4n) is 2.75. The van der Waals surface area contributed by atoms with Crippen LogP contribution < -0.4 is 0 Å². The van der Waals surface area contributed by atoms with Crippen LogP contribution in [0, 0.1) is 0 Å². The number of benzene rings is 1. The Morgan fingerprint density at radius 1 is 1.00 bits per heavy atom. The van der Waals surface area contributed by atoms with Gasteiger partial charge in [0.2, 0.25) is 0 Å². The number of piperazine rings is 1. The molecule has 0 aliphatic carbocycles. The summed E-state index contributed by atoms with van der Waals surface area (Å²) < 4.78 is 0. The molecule has 0 atom stereocenters. The van der Waals surface area contributed by atoms with Gasteiger partial charge in [0.25, 0.3) is 0 Å². The highest BCUT2D eigenvalue weighted by Crippen LogP contribution is 2.13. The Hall–Kier alpha value is -0.900. The number of hydrogen-bond acceptors (Lipinski definition) is 3. The molecule has 1 aliphatic heterocycles. The smallest absolute Gasteiger partial charge is 0.0592 e. The third-order valence-electron chi connectivity index (χ3n) is 3.98. The van der Waals surface area contributed by atoms with E-state index < -0.39 is 5.60 Å². The van der Waals surface area contributed by atoms with E-state index in [0.717, 1.165) is 52.1 Å². The van der Waals surface area contributed by atoms with Crippen molar-refractivity contribution in [3.8, 4) is 0 Å². The highest BCUT2D eigenvalue weighted by Gasteiger charge is 2.18. The van der Waals surface area contributed by atoms with Crippen molar-refractivity contribution >= 4 is 0 Å². The Kier molecular flexibility index (Phi) is 5.58. The lowest BCUT2D eigenvalue weighted by molar-refractivity contribution is 0.0605. The molecule has 0 amide bonds. The van der Waals surface area contributed by atoms with E-state index in [-0.39, 0.29) is 0 Å². The molecule has 0 bridgehead atoms. The van der Waals surface area contributed by atoms with Gasteiger partial charge in [0.1, 0.15) is 0 Å². The van der Waals surface area contributed by atoms with Crippen molar-refractivity contribution in [3.63, 3.8) is 0 Å². The van der Waals surface area contributed by atoms with E-state index in [1.807, 2.05) is 13.8 Å². The SMILES string of the molecule is CC(C)(O)CCCN1CCN(Cc2ccccc2)CC1. The largest absolute Gasteiger partial charge is 0.390 e. The lowest BCUT2D eigenvalue weighted by Crippen LogP contribution is -2.46. The molecule has 3 heteroatoms. The summed E-state index contributed by atoms with van der Waals surface area (Å²) in [6.45, 7) is 10.6. The fraction of sp³-hybridized carbons (Fsp3) is 0.647. The highest BCUT2D eigenvalue weighted by molar-refractivity contribution is 5.14. The van der Waals surface area contributed by atoms with Crippen LogP contribution in [0.3, 0.4) is 0 Å². The van der Waals surface area contributed by atoms with Crippen LogP contribution in [-0.4, -0.2) is 53.2 Å². The minimum Gasteiger partial charge on any atom is -0.390 e. The molecule has 0 aromatic heterocycles. The first kappa shape index (κ1) is 15.5. The van der Waals surface area contributed by atoms with E-state index in [0.29, 0.717) is 0 Å². The maximum absolute atomic E-state index is 9.73. The second kappa shape index (κ2) is 7.21. The second-order valence-corrected chi connectivity index (χ2v) is 6.52. The Balaban J connectivity index is 1.65. The van der Waals surface area contributed by atoms with Crippen LogP contribution in [0.15, 0.2) is 30.3 Å². The normalized spacial score (nSPS) is 18.4. The summed E-state index contributed by atoms with van der Waals surface area (Å²) in [5.74, 6) is 0. The van der Waals surface area contributed by atoms with Gasteiger partial charge in [0.05, 0.1) is 5.60 Å². The third kappa shape index (κ3) is 5.61. The second-order valence-electron chi connectivity index (χ2n) is 6.52. The van der Waals surface area contributed by atoms with Gasteiger partial charge in [-0.3, -0.25) is 4.90 Å². The van der Waals surface area contributed by atoms with Gasteiger partial charge >= 0.3 is 0 Å². The molecule has 0 unspecified atom stereocenters. The molecular formula is C17H28N2O. The predicted molar refractivity (Wildman–Crippen MR) is 83.7 cm³/mol. The molecule has 20 heavy (non-hydrogen) atoms. The van der Waals surface area contributed by atoms with Crippen LogP contribution in [0.5, 0.6) is 0 Å². The molecule has 1 aromatic carbocycles. The molecule has 2 rings (SSSR count). The van der Waals surface area contributed by atoms with E-state index in [4.69, 9.17) is 0 Å². The van der Waals surface area contributed by atoms with Gasteiger partial charge in [-0.15, -0.1) is 0 Å². The maximum Gasteiger partial charge on any atom is 0.0592 e. The van der Waals surface area contributed by atoms with Crippen LogP contribution >= 0.6 is 0 Å². The van der Waals surface area contributed by atoms with E-state index in [2.05, 4.69) is 40.1 Å². The summed E-state index contributed by atoms with van der Waals surface area (Å²) in [5, 5.41) is 9.73. The summed E-state index contributed by atoms with van der Waals surface area (Å²) in [4.78, 5) is 5.05. The zero-order chi connectivity index (χ0) is 14.4. The maximum atomic E-state index is 9.73. The Morgan fingerprint density at radius 3 is 2.20 bits per heavy atom. The third-order valence-corrected chi connectivity index (χ3v) is 3.98. The molecule has 1 heterocycles. The summed E-state index contributed by atoms with van der Waals surface area (Å²) >= 11 is 0. The molecule has 1 N–H and O–H groups in total. The summed E-state index contributed by atoms with van der Waals surface area (Å²) in [6, 6.07) is 10.7. The molecule has 1 saturated heterocycles. The van der Waals surface area contributed by atoms with Gasteiger partial charge in [-0.2, -0.15) is 0 Å². The van der Waals surface area contributed by atoms with Crippen LogP contribution in [-0.2, 0) is 6.54 Å². The molecule has 1 aliphatic rings. The van der Waals surface area contributed by atoms with Crippen molar-refractivity contribution in [2.24, 2.45) is 0 Å². The first-order chi connectivity index (χ1) is 9.53. The minimum atomic E-state index is -0.519. The van der Waals surface area contributed by atoms with E-state index in [9.17, 15) is 5.11 Å². The highest BCUT2D eigenvalue weighted by atomic mass is 16.3. The van der Waals surface area contributed by atoms with Crippen LogP contribution in [0.4, 0.5) is 0 Å². The van der Waals surface area contributed by atoms with Crippen molar-refractivity contribution in [1.29, 1.82) is 0 Å². The van der Waals surface area contributed by atoms with Gasteiger partial charge in [0, 0.05) is 32.7 Å². The van der Waals surface area contributed by atoms with Gasteiger partial charge in [-0.1, -0.05) is 30.3 Å². The molecule has 0 saturated carbocycles. The average molecular weight is 276 g/mol. The lowest BCUT2D eigenvalue weighted by Gasteiger charge is -2.35. The summed E-state index contributed by atoms with van der Waals surface area (Å²) in [5.41, 5.74) is 0.887. The van der Waals surface area contributed by atoms with Gasteiger partial charge in [-0.25, -0.2) is 0 Å². The molecule has 1 fully saturated rings. The van der Waals surface area contributed by atoms with Crippen molar-refractivity contribution in [2.75, 3.05) is 32.7 Å². The predicted octanol–water partition coefficient (Wildman–Crippen LogP) is 2.36. The first-order valence-corrected chi connectivity index (χ1v) is 7.74. The quantitative estimate of drug-likeness (QED) is 0.864. The minimum absolute atomic E-state index is 0.519. The van der Waals surface area contributed by atoms with Gasteiger partial charge < -0.3 is 10.0 Å².